The van der Waals surface area contributed by atoms with Gasteiger partial charge in [-0.15, -0.1) is 0 Å². The Morgan fingerprint density at radius 3 is 2.29 bits per heavy atom. The molecule has 70 valence electrons. The minimum Gasteiger partial charge on any atom is -0.244 e. The quantitative estimate of drug-likeness (QED) is 0.674. The first-order valence-electron chi connectivity index (χ1n) is 4.00. The molecule has 0 atom stereocenters. The van der Waals surface area contributed by atoms with Crippen LogP contribution in [0.4, 0.5) is 4.39 Å². The molecule has 2 aromatic heterocycles. The lowest BCUT2D eigenvalue weighted by Gasteiger charge is -2.02. The summed E-state index contributed by atoms with van der Waals surface area (Å²) in [5, 5.41) is 0.277. The fraction of sp³-hybridized carbons (Fsp3) is 0. The third-order valence-corrected chi connectivity index (χ3v) is 2.11. The van der Waals surface area contributed by atoms with E-state index in [4.69, 9.17) is 11.6 Å². The van der Waals surface area contributed by atoms with Gasteiger partial charge in [0.25, 0.3) is 0 Å². The maximum atomic E-state index is 13.3. The molecule has 14 heavy (non-hydrogen) atoms. The predicted molar refractivity (Wildman–Crippen MR) is 52.4 cm³/mol. The van der Waals surface area contributed by atoms with Crippen LogP contribution < -0.4 is 0 Å². The molecule has 0 aromatic carbocycles. The molecule has 0 aliphatic rings. The highest BCUT2D eigenvalue weighted by Gasteiger charge is 2.08. The number of pyridine rings is 2. The predicted octanol–water partition coefficient (Wildman–Crippen LogP) is 2.94. The van der Waals surface area contributed by atoms with Gasteiger partial charge < -0.3 is 0 Å². The zero-order valence-corrected chi connectivity index (χ0v) is 7.87. The van der Waals surface area contributed by atoms with Crippen LogP contribution in [0.3, 0.4) is 0 Å². The van der Waals surface area contributed by atoms with E-state index in [1.807, 2.05) is 0 Å². The van der Waals surface area contributed by atoms with Crippen LogP contribution in [-0.4, -0.2) is 9.97 Å². The second-order valence-electron chi connectivity index (χ2n) is 2.68. The summed E-state index contributed by atoms with van der Waals surface area (Å²) in [4.78, 5) is 7.41. The standard InChI is InChI=1S/C10H6ClFN2/c11-9-7(3-1-5-13-9)8-4-2-6-14-10(8)12/h1-6H. The van der Waals surface area contributed by atoms with Crippen molar-refractivity contribution < 1.29 is 4.39 Å². The minimum absolute atomic E-state index is 0.277. The SMILES string of the molecule is Fc1ncccc1-c1cccnc1Cl. The summed E-state index contributed by atoms with van der Waals surface area (Å²) >= 11 is 5.83. The summed E-state index contributed by atoms with van der Waals surface area (Å²) in [6.07, 6.45) is 2.95. The summed E-state index contributed by atoms with van der Waals surface area (Å²) in [7, 11) is 0. The van der Waals surface area contributed by atoms with Crippen LogP contribution in [0.25, 0.3) is 11.1 Å². The molecule has 0 aliphatic heterocycles. The van der Waals surface area contributed by atoms with E-state index in [0.717, 1.165) is 0 Å². The third kappa shape index (κ3) is 1.59. The lowest BCUT2D eigenvalue weighted by atomic mass is 10.1. The molecule has 0 amide bonds. The third-order valence-electron chi connectivity index (χ3n) is 1.81. The molecule has 0 saturated heterocycles. The molecule has 4 heteroatoms. The van der Waals surface area contributed by atoms with Gasteiger partial charge in [-0.2, -0.15) is 4.39 Å². The van der Waals surface area contributed by atoms with Gasteiger partial charge in [-0.1, -0.05) is 11.6 Å². The van der Waals surface area contributed by atoms with Crippen molar-refractivity contribution in [2.45, 2.75) is 0 Å². The van der Waals surface area contributed by atoms with Crippen LogP contribution >= 0.6 is 11.6 Å². The van der Waals surface area contributed by atoms with Crippen molar-refractivity contribution in [2.75, 3.05) is 0 Å². The Kier molecular flexibility index (Phi) is 2.41. The average Bonchev–Trinajstić information content (AvgIpc) is 2.20. The van der Waals surface area contributed by atoms with Crippen LogP contribution in [0.1, 0.15) is 0 Å². The van der Waals surface area contributed by atoms with Crippen molar-refractivity contribution in [1.82, 2.24) is 9.97 Å². The van der Waals surface area contributed by atoms with Crippen LogP contribution in [0, 0.1) is 5.95 Å². The number of aromatic nitrogens is 2. The van der Waals surface area contributed by atoms with Crippen molar-refractivity contribution in [3.8, 4) is 11.1 Å². The maximum Gasteiger partial charge on any atom is 0.220 e. The van der Waals surface area contributed by atoms with Gasteiger partial charge in [-0.3, -0.25) is 0 Å². The van der Waals surface area contributed by atoms with Crippen molar-refractivity contribution in [3.05, 3.63) is 47.8 Å². The fourth-order valence-corrected chi connectivity index (χ4v) is 1.40. The fourth-order valence-electron chi connectivity index (χ4n) is 1.17. The number of hydrogen-bond donors (Lipinski definition) is 0. The van der Waals surface area contributed by atoms with Gasteiger partial charge in [0.1, 0.15) is 5.15 Å². The number of hydrogen-bond acceptors (Lipinski definition) is 2. The molecule has 0 aliphatic carbocycles. The number of halogens is 2. The van der Waals surface area contributed by atoms with E-state index < -0.39 is 5.95 Å². The van der Waals surface area contributed by atoms with Crippen LogP contribution in [0.2, 0.25) is 5.15 Å². The van der Waals surface area contributed by atoms with E-state index in [-0.39, 0.29) is 5.15 Å². The zero-order valence-electron chi connectivity index (χ0n) is 7.11. The van der Waals surface area contributed by atoms with E-state index in [1.54, 1.807) is 30.5 Å². The molecular formula is C10H6ClFN2. The molecule has 0 bridgehead atoms. The Labute approximate surface area is 85.4 Å². The van der Waals surface area contributed by atoms with Crippen molar-refractivity contribution in [3.63, 3.8) is 0 Å². The molecule has 0 N–H and O–H groups in total. The molecule has 2 nitrogen and oxygen atoms in total. The maximum absolute atomic E-state index is 13.3. The van der Waals surface area contributed by atoms with E-state index in [2.05, 4.69) is 9.97 Å². The Hall–Kier alpha value is -1.48. The van der Waals surface area contributed by atoms with Gasteiger partial charge in [0.05, 0.1) is 0 Å². The number of nitrogens with zero attached hydrogens (tertiary/aromatic N) is 2. The van der Waals surface area contributed by atoms with Crippen LogP contribution in [0.15, 0.2) is 36.7 Å². The molecular weight excluding hydrogens is 203 g/mol. The second-order valence-corrected chi connectivity index (χ2v) is 3.04. The topological polar surface area (TPSA) is 25.8 Å². The minimum atomic E-state index is -0.539. The summed E-state index contributed by atoms with van der Waals surface area (Å²) in [6.45, 7) is 0. The highest BCUT2D eigenvalue weighted by atomic mass is 35.5. The molecule has 0 saturated carbocycles. The van der Waals surface area contributed by atoms with Gasteiger partial charge >= 0.3 is 0 Å². The molecule has 0 spiro atoms. The van der Waals surface area contributed by atoms with Gasteiger partial charge in [-0.05, 0) is 24.3 Å². The summed E-state index contributed by atoms with van der Waals surface area (Å²) in [5.41, 5.74) is 0.922. The Morgan fingerprint density at radius 1 is 1.00 bits per heavy atom. The summed E-state index contributed by atoms with van der Waals surface area (Å²) < 4.78 is 13.3. The Bertz CT molecular complexity index is 416. The average molecular weight is 209 g/mol. The molecule has 0 fully saturated rings. The van der Waals surface area contributed by atoms with Crippen molar-refractivity contribution >= 4 is 11.6 Å². The van der Waals surface area contributed by atoms with Gasteiger partial charge in [0.15, 0.2) is 0 Å². The zero-order chi connectivity index (χ0) is 9.97. The smallest absolute Gasteiger partial charge is 0.220 e. The van der Waals surface area contributed by atoms with Crippen molar-refractivity contribution in [2.24, 2.45) is 0 Å². The lowest BCUT2D eigenvalue weighted by molar-refractivity contribution is 0.587. The summed E-state index contributed by atoms with van der Waals surface area (Å²) in [5.74, 6) is -0.539. The molecule has 2 aromatic rings. The highest BCUT2D eigenvalue weighted by Crippen LogP contribution is 2.26. The van der Waals surface area contributed by atoms with E-state index in [1.165, 1.54) is 6.20 Å². The lowest BCUT2D eigenvalue weighted by Crippen LogP contribution is -1.89. The highest BCUT2D eigenvalue weighted by molar-refractivity contribution is 6.32. The van der Waals surface area contributed by atoms with Crippen molar-refractivity contribution in [1.29, 1.82) is 0 Å². The van der Waals surface area contributed by atoms with Gasteiger partial charge in [0.2, 0.25) is 5.95 Å². The van der Waals surface area contributed by atoms with Gasteiger partial charge in [0, 0.05) is 23.5 Å². The first-order chi connectivity index (χ1) is 6.79. The first-order valence-corrected chi connectivity index (χ1v) is 4.38. The van der Waals surface area contributed by atoms with E-state index in [9.17, 15) is 4.39 Å². The molecule has 0 radical (unpaired) electrons. The molecule has 2 rings (SSSR count). The van der Waals surface area contributed by atoms with Crippen LogP contribution in [0.5, 0.6) is 0 Å². The monoisotopic (exact) mass is 208 g/mol. The van der Waals surface area contributed by atoms with E-state index in [0.29, 0.717) is 11.1 Å². The largest absolute Gasteiger partial charge is 0.244 e. The normalized spacial score (nSPS) is 10.1. The van der Waals surface area contributed by atoms with Gasteiger partial charge in [-0.25, -0.2) is 9.97 Å². The Morgan fingerprint density at radius 2 is 1.64 bits per heavy atom. The molecule has 0 unspecified atom stereocenters. The first kappa shape index (κ1) is 9.09. The van der Waals surface area contributed by atoms with Crippen LogP contribution in [-0.2, 0) is 0 Å². The van der Waals surface area contributed by atoms with E-state index >= 15 is 0 Å². The number of rotatable bonds is 1. The second kappa shape index (κ2) is 3.72. The summed E-state index contributed by atoms with van der Waals surface area (Å²) in [6, 6.07) is 6.68. The Balaban J connectivity index is 2.61. The molecule has 2 heterocycles.